The highest BCUT2D eigenvalue weighted by molar-refractivity contribution is 5.42. The molecule has 0 bridgehead atoms. The van der Waals surface area contributed by atoms with E-state index in [0.717, 1.165) is 18.3 Å². The molecule has 0 aromatic carbocycles. The zero-order valence-corrected chi connectivity index (χ0v) is 9.11. The van der Waals surface area contributed by atoms with Gasteiger partial charge in [-0.3, -0.25) is 0 Å². The second-order valence-electron chi connectivity index (χ2n) is 3.36. The van der Waals surface area contributed by atoms with Crippen molar-refractivity contribution in [3.63, 3.8) is 0 Å². The first-order chi connectivity index (χ1) is 7.99. The van der Waals surface area contributed by atoms with Gasteiger partial charge in [0.1, 0.15) is 5.82 Å². The number of aliphatic hydroxyl groups is 1. The van der Waals surface area contributed by atoms with Gasteiger partial charge in [-0.2, -0.15) is 13.2 Å². The standard InChI is InChI=1S/C11H13F3N2O/c1-2-5-16(6-7-17)10-8-9(3-4-15-10)11(12,13)14/h2-4,8,17H,1,5-7H2. The zero-order valence-electron chi connectivity index (χ0n) is 9.11. The summed E-state index contributed by atoms with van der Waals surface area (Å²) in [6.45, 7) is 3.88. The zero-order chi connectivity index (χ0) is 12.9. The van der Waals surface area contributed by atoms with Crippen LogP contribution in [0.5, 0.6) is 0 Å². The highest BCUT2D eigenvalue weighted by Gasteiger charge is 2.31. The third-order valence-electron chi connectivity index (χ3n) is 2.12. The third-order valence-corrected chi connectivity index (χ3v) is 2.12. The van der Waals surface area contributed by atoms with E-state index < -0.39 is 11.7 Å². The number of anilines is 1. The molecular formula is C11H13F3N2O. The molecule has 0 unspecified atom stereocenters. The fraction of sp³-hybridized carbons (Fsp3) is 0.364. The van der Waals surface area contributed by atoms with Crippen LogP contribution in [0.15, 0.2) is 31.0 Å². The largest absolute Gasteiger partial charge is 0.416 e. The van der Waals surface area contributed by atoms with Crippen LogP contribution in [-0.2, 0) is 6.18 Å². The Balaban J connectivity index is 2.99. The first-order valence-corrected chi connectivity index (χ1v) is 4.99. The lowest BCUT2D eigenvalue weighted by Gasteiger charge is -2.21. The molecule has 0 amide bonds. The molecule has 0 spiro atoms. The Labute approximate surface area is 97.2 Å². The number of rotatable bonds is 5. The summed E-state index contributed by atoms with van der Waals surface area (Å²) in [7, 11) is 0. The van der Waals surface area contributed by atoms with Crippen LogP contribution in [-0.4, -0.2) is 29.8 Å². The fourth-order valence-electron chi connectivity index (χ4n) is 1.34. The lowest BCUT2D eigenvalue weighted by atomic mass is 10.2. The van der Waals surface area contributed by atoms with Crippen molar-refractivity contribution in [2.45, 2.75) is 6.18 Å². The van der Waals surface area contributed by atoms with E-state index in [1.807, 2.05) is 0 Å². The molecule has 17 heavy (non-hydrogen) atoms. The Kier molecular flexibility index (Phi) is 4.51. The summed E-state index contributed by atoms with van der Waals surface area (Å²) in [5, 5.41) is 8.83. The summed E-state index contributed by atoms with van der Waals surface area (Å²) in [5.74, 6) is 0.175. The Morgan fingerprint density at radius 2 is 2.18 bits per heavy atom. The average Bonchev–Trinajstić information content (AvgIpc) is 2.28. The van der Waals surface area contributed by atoms with Crippen molar-refractivity contribution in [3.8, 4) is 0 Å². The number of aromatic nitrogens is 1. The molecule has 1 aromatic rings. The van der Waals surface area contributed by atoms with Crippen LogP contribution in [0.25, 0.3) is 0 Å². The topological polar surface area (TPSA) is 36.4 Å². The first-order valence-electron chi connectivity index (χ1n) is 4.99. The van der Waals surface area contributed by atoms with Crippen LogP contribution < -0.4 is 4.90 Å². The van der Waals surface area contributed by atoms with Crippen molar-refractivity contribution >= 4 is 5.82 Å². The molecule has 0 aliphatic heterocycles. The Morgan fingerprint density at radius 1 is 1.47 bits per heavy atom. The van der Waals surface area contributed by atoms with Crippen molar-refractivity contribution < 1.29 is 18.3 Å². The monoisotopic (exact) mass is 246 g/mol. The second-order valence-corrected chi connectivity index (χ2v) is 3.36. The van der Waals surface area contributed by atoms with Crippen LogP contribution in [0.4, 0.5) is 19.0 Å². The molecule has 0 saturated carbocycles. The fourth-order valence-corrected chi connectivity index (χ4v) is 1.34. The molecule has 0 aliphatic carbocycles. The van der Waals surface area contributed by atoms with Gasteiger partial charge in [0.25, 0.3) is 0 Å². The highest BCUT2D eigenvalue weighted by atomic mass is 19.4. The summed E-state index contributed by atoms with van der Waals surface area (Å²) < 4.78 is 37.5. The number of pyridine rings is 1. The van der Waals surface area contributed by atoms with Crippen molar-refractivity contribution in [3.05, 3.63) is 36.5 Å². The van der Waals surface area contributed by atoms with E-state index in [-0.39, 0.29) is 19.0 Å². The molecule has 1 aromatic heterocycles. The van der Waals surface area contributed by atoms with Gasteiger partial charge in [-0.15, -0.1) is 6.58 Å². The molecule has 1 heterocycles. The lowest BCUT2D eigenvalue weighted by molar-refractivity contribution is -0.137. The van der Waals surface area contributed by atoms with Crippen molar-refractivity contribution in [2.24, 2.45) is 0 Å². The van der Waals surface area contributed by atoms with Gasteiger partial charge in [-0.05, 0) is 12.1 Å². The minimum absolute atomic E-state index is 0.161. The highest BCUT2D eigenvalue weighted by Crippen LogP contribution is 2.30. The predicted octanol–water partition coefficient (Wildman–Crippen LogP) is 2.09. The van der Waals surface area contributed by atoms with E-state index in [1.165, 1.54) is 11.0 Å². The van der Waals surface area contributed by atoms with Gasteiger partial charge in [0, 0.05) is 19.3 Å². The molecule has 3 nitrogen and oxygen atoms in total. The van der Waals surface area contributed by atoms with Crippen molar-refractivity contribution in [1.29, 1.82) is 0 Å². The Bertz CT molecular complexity index is 379. The smallest absolute Gasteiger partial charge is 0.395 e. The quantitative estimate of drug-likeness (QED) is 0.808. The lowest BCUT2D eigenvalue weighted by Crippen LogP contribution is -2.27. The van der Waals surface area contributed by atoms with Crippen LogP contribution in [0.2, 0.25) is 0 Å². The van der Waals surface area contributed by atoms with Gasteiger partial charge < -0.3 is 10.0 Å². The maximum Gasteiger partial charge on any atom is 0.416 e. The van der Waals surface area contributed by atoms with Gasteiger partial charge in [-0.1, -0.05) is 6.08 Å². The van der Waals surface area contributed by atoms with E-state index in [1.54, 1.807) is 0 Å². The van der Waals surface area contributed by atoms with Gasteiger partial charge in [-0.25, -0.2) is 4.98 Å². The molecule has 0 saturated heterocycles. The van der Waals surface area contributed by atoms with Gasteiger partial charge >= 0.3 is 6.18 Å². The second kappa shape index (κ2) is 5.67. The van der Waals surface area contributed by atoms with Gasteiger partial charge in [0.15, 0.2) is 0 Å². The minimum atomic E-state index is -4.39. The summed E-state index contributed by atoms with van der Waals surface area (Å²) in [4.78, 5) is 5.37. The van der Waals surface area contributed by atoms with E-state index >= 15 is 0 Å². The number of alkyl halides is 3. The molecule has 0 atom stereocenters. The molecule has 0 aliphatic rings. The van der Waals surface area contributed by atoms with Crippen molar-refractivity contribution in [2.75, 3.05) is 24.6 Å². The number of hydrogen-bond donors (Lipinski definition) is 1. The van der Waals surface area contributed by atoms with Crippen LogP contribution in [0, 0.1) is 0 Å². The normalized spacial score (nSPS) is 11.3. The number of hydrogen-bond acceptors (Lipinski definition) is 3. The molecule has 6 heteroatoms. The number of aliphatic hydroxyl groups excluding tert-OH is 1. The predicted molar refractivity (Wildman–Crippen MR) is 58.7 cm³/mol. The summed E-state index contributed by atoms with van der Waals surface area (Å²) in [5.41, 5.74) is -0.755. The van der Waals surface area contributed by atoms with E-state index in [0.29, 0.717) is 6.54 Å². The summed E-state index contributed by atoms with van der Waals surface area (Å²) >= 11 is 0. The van der Waals surface area contributed by atoms with Gasteiger partial charge in [0.05, 0.1) is 12.2 Å². The molecule has 0 fully saturated rings. The summed E-state index contributed by atoms with van der Waals surface area (Å²) in [6, 6.07) is 1.87. The van der Waals surface area contributed by atoms with E-state index in [9.17, 15) is 13.2 Å². The maximum absolute atomic E-state index is 12.5. The Hall–Kier alpha value is -1.56. The molecule has 0 radical (unpaired) electrons. The molecule has 94 valence electrons. The average molecular weight is 246 g/mol. The molecule has 1 N–H and O–H groups in total. The van der Waals surface area contributed by atoms with Crippen LogP contribution >= 0.6 is 0 Å². The van der Waals surface area contributed by atoms with E-state index in [4.69, 9.17) is 5.11 Å². The molecular weight excluding hydrogens is 233 g/mol. The van der Waals surface area contributed by atoms with E-state index in [2.05, 4.69) is 11.6 Å². The van der Waals surface area contributed by atoms with Crippen LogP contribution in [0.1, 0.15) is 5.56 Å². The summed E-state index contributed by atoms with van der Waals surface area (Å²) in [6.07, 6.45) is -1.75. The van der Waals surface area contributed by atoms with Crippen molar-refractivity contribution in [1.82, 2.24) is 4.98 Å². The minimum Gasteiger partial charge on any atom is -0.395 e. The first kappa shape index (κ1) is 13.5. The number of nitrogens with zero attached hydrogens (tertiary/aromatic N) is 2. The SMILES string of the molecule is C=CCN(CCO)c1cc(C(F)(F)F)ccn1. The van der Waals surface area contributed by atoms with Gasteiger partial charge in [0.2, 0.25) is 0 Å². The third kappa shape index (κ3) is 3.74. The molecule has 1 rings (SSSR count). The maximum atomic E-state index is 12.5. The number of halogens is 3. The Morgan fingerprint density at radius 3 is 2.71 bits per heavy atom. The van der Waals surface area contributed by atoms with Crippen LogP contribution in [0.3, 0.4) is 0 Å².